The van der Waals surface area contributed by atoms with Crippen molar-refractivity contribution in [2.45, 2.75) is 20.3 Å². The summed E-state index contributed by atoms with van der Waals surface area (Å²) in [6.07, 6.45) is 0.856. The Morgan fingerprint density at radius 1 is 0.842 bits per heavy atom. The van der Waals surface area contributed by atoms with Crippen molar-refractivity contribution in [2.75, 3.05) is 0 Å². The zero-order chi connectivity index (χ0) is 13.7. The van der Waals surface area contributed by atoms with Gasteiger partial charge in [-0.3, -0.25) is 4.79 Å². The third-order valence-corrected chi connectivity index (χ3v) is 3.31. The molecule has 0 radical (unpaired) electrons. The zero-order valence-corrected chi connectivity index (χ0v) is 11.4. The van der Waals surface area contributed by atoms with Crippen LogP contribution >= 0.6 is 0 Å². The Labute approximate surface area is 114 Å². The summed E-state index contributed by atoms with van der Waals surface area (Å²) in [5.41, 5.74) is 3.84. The third kappa shape index (κ3) is 3.00. The van der Waals surface area contributed by atoms with Crippen LogP contribution in [0.2, 0.25) is 0 Å². The number of Topliss-reactive ketones (excluding diaryl/α,β-unsaturated/α-hetero) is 1. The quantitative estimate of drug-likeness (QED) is 0.565. The second-order valence-corrected chi connectivity index (χ2v) is 4.52. The van der Waals surface area contributed by atoms with E-state index in [4.69, 9.17) is 0 Å². The smallest absolute Gasteiger partial charge is 0.189 e. The molecule has 0 N–H and O–H groups in total. The molecule has 0 unspecified atom stereocenters. The molecule has 2 rings (SSSR count). The number of rotatable bonds is 4. The first-order valence-corrected chi connectivity index (χ1v) is 6.59. The fourth-order valence-corrected chi connectivity index (χ4v) is 2.27. The fraction of sp³-hybridized carbons (Fsp3) is 0.167. The molecule has 0 saturated heterocycles. The molecule has 0 amide bonds. The number of benzene rings is 2. The number of hydrogen-bond donors (Lipinski definition) is 0. The highest BCUT2D eigenvalue weighted by Crippen LogP contribution is 2.24. The number of allylic oxidation sites excluding steroid dienone is 2. The van der Waals surface area contributed by atoms with Crippen LogP contribution in [-0.4, -0.2) is 5.78 Å². The van der Waals surface area contributed by atoms with Crippen molar-refractivity contribution in [3.8, 4) is 0 Å². The van der Waals surface area contributed by atoms with Crippen molar-refractivity contribution < 1.29 is 4.79 Å². The molecule has 96 valence electrons. The van der Waals surface area contributed by atoms with Gasteiger partial charge < -0.3 is 0 Å². The number of carbonyl (C=O) groups excluding carboxylic acids is 1. The standard InChI is InChI=1S/C18H18O/c1-3-17(15-10-6-4-7-11-15)14(2)18(19)16-12-8-5-9-13-16/h4-13H,3H2,1-2H3. The Bertz CT molecular complexity index is 580. The molecule has 2 aromatic carbocycles. The van der Waals surface area contributed by atoms with E-state index < -0.39 is 0 Å². The zero-order valence-electron chi connectivity index (χ0n) is 11.4. The molecule has 0 spiro atoms. The Morgan fingerprint density at radius 2 is 1.32 bits per heavy atom. The third-order valence-electron chi connectivity index (χ3n) is 3.31. The number of ketones is 1. The minimum Gasteiger partial charge on any atom is -0.289 e. The maximum absolute atomic E-state index is 12.5. The SMILES string of the molecule is CCC(=C(C)C(=O)c1ccccc1)c1ccccc1. The summed E-state index contributed by atoms with van der Waals surface area (Å²) in [6.45, 7) is 4.01. The van der Waals surface area contributed by atoms with E-state index in [-0.39, 0.29) is 5.78 Å². The number of hydrogen-bond acceptors (Lipinski definition) is 1. The van der Waals surface area contributed by atoms with Gasteiger partial charge in [-0.2, -0.15) is 0 Å². The van der Waals surface area contributed by atoms with E-state index in [1.54, 1.807) is 0 Å². The molecule has 1 heteroatoms. The molecule has 1 nitrogen and oxygen atoms in total. The predicted molar refractivity (Wildman–Crippen MR) is 80.1 cm³/mol. The Balaban J connectivity index is 2.42. The largest absolute Gasteiger partial charge is 0.289 e. The summed E-state index contributed by atoms with van der Waals surface area (Å²) in [5, 5.41) is 0. The van der Waals surface area contributed by atoms with Crippen LogP contribution in [0.4, 0.5) is 0 Å². The van der Waals surface area contributed by atoms with Crippen molar-refractivity contribution in [3.05, 3.63) is 77.4 Å². The fourth-order valence-electron chi connectivity index (χ4n) is 2.27. The lowest BCUT2D eigenvalue weighted by molar-refractivity contribution is 0.103. The Morgan fingerprint density at radius 3 is 1.79 bits per heavy atom. The summed E-state index contributed by atoms with van der Waals surface area (Å²) in [6, 6.07) is 19.6. The number of carbonyl (C=O) groups is 1. The second kappa shape index (κ2) is 6.14. The molecule has 0 aliphatic heterocycles. The molecular weight excluding hydrogens is 232 g/mol. The average molecular weight is 250 g/mol. The maximum Gasteiger partial charge on any atom is 0.189 e. The van der Waals surface area contributed by atoms with Crippen molar-refractivity contribution in [1.82, 2.24) is 0 Å². The Hall–Kier alpha value is -2.15. The molecule has 0 aliphatic rings. The van der Waals surface area contributed by atoms with Gasteiger partial charge in [-0.25, -0.2) is 0 Å². The summed E-state index contributed by atoms with van der Waals surface area (Å²) in [4.78, 5) is 12.5. The van der Waals surface area contributed by atoms with Crippen LogP contribution in [0.5, 0.6) is 0 Å². The van der Waals surface area contributed by atoms with E-state index in [2.05, 4.69) is 19.1 Å². The van der Waals surface area contributed by atoms with E-state index in [9.17, 15) is 4.79 Å². The first-order valence-electron chi connectivity index (χ1n) is 6.59. The van der Waals surface area contributed by atoms with E-state index in [1.165, 1.54) is 0 Å². The van der Waals surface area contributed by atoms with Gasteiger partial charge in [0.25, 0.3) is 0 Å². The van der Waals surface area contributed by atoms with Gasteiger partial charge in [0.2, 0.25) is 0 Å². The van der Waals surface area contributed by atoms with E-state index in [0.717, 1.165) is 28.7 Å². The second-order valence-electron chi connectivity index (χ2n) is 4.52. The van der Waals surface area contributed by atoms with Crippen LogP contribution in [-0.2, 0) is 0 Å². The van der Waals surface area contributed by atoms with Gasteiger partial charge in [-0.15, -0.1) is 0 Å². The summed E-state index contributed by atoms with van der Waals surface area (Å²) >= 11 is 0. The van der Waals surface area contributed by atoms with Gasteiger partial charge in [-0.1, -0.05) is 67.6 Å². The van der Waals surface area contributed by atoms with Gasteiger partial charge in [0.15, 0.2) is 5.78 Å². The van der Waals surface area contributed by atoms with E-state index in [1.807, 2.05) is 55.5 Å². The first kappa shape index (κ1) is 13.3. The molecule has 0 saturated carbocycles. The van der Waals surface area contributed by atoms with Crippen LogP contribution in [0, 0.1) is 0 Å². The molecule has 2 aromatic rings. The minimum absolute atomic E-state index is 0.112. The first-order chi connectivity index (χ1) is 9.24. The predicted octanol–water partition coefficient (Wildman–Crippen LogP) is 4.75. The molecule has 0 aliphatic carbocycles. The molecule has 0 heterocycles. The Kier molecular flexibility index (Phi) is 4.30. The highest BCUT2D eigenvalue weighted by Gasteiger charge is 2.12. The molecule has 0 atom stereocenters. The lowest BCUT2D eigenvalue weighted by atomic mass is 9.93. The van der Waals surface area contributed by atoms with Crippen LogP contribution in [0.15, 0.2) is 66.2 Å². The molecular formula is C18H18O. The maximum atomic E-state index is 12.5. The topological polar surface area (TPSA) is 17.1 Å². The van der Waals surface area contributed by atoms with Gasteiger partial charge in [-0.05, 0) is 24.5 Å². The van der Waals surface area contributed by atoms with Gasteiger partial charge in [0.05, 0.1) is 0 Å². The van der Waals surface area contributed by atoms with Crippen molar-refractivity contribution in [2.24, 2.45) is 0 Å². The highest BCUT2D eigenvalue weighted by atomic mass is 16.1. The van der Waals surface area contributed by atoms with Crippen molar-refractivity contribution in [3.63, 3.8) is 0 Å². The normalized spacial score (nSPS) is 11.9. The lowest BCUT2D eigenvalue weighted by Crippen LogP contribution is -2.03. The molecule has 0 aromatic heterocycles. The molecule has 19 heavy (non-hydrogen) atoms. The van der Waals surface area contributed by atoms with Crippen LogP contribution in [0.1, 0.15) is 36.2 Å². The van der Waals surface area contributed by atoms with E-state index in [0.29, 0.717) is 0 Å². The van der Waals surface area contributed by atoms with Gasteiger partial charge in [0.1, 0.15) is 0 Å². The lowest BCUT2D eigenvalue weighted by Gasteiger charge is -2.10. The monoisotopic (exact) mass is 250 g/mol. The molecule has 0 bridgehead atoms. The summed E-state index contributed by atoms with van der Waals surface area (Å²) in [5.74, 6) is 0.112. The van der Waals surface area contributed by atoms with E-state index >= 15 is 0 Å². The summed E-state index contributed by atoms with van der Waals surface area (Å²) in [7, 11) is 0. The van der Waals surface area contributed by atoms with Crippen LogP contribution < -0.4 is 0 Å². The van der Waals surface area contributed by atoms with Crippen LogP contribution in [0.3, 0.4) is 0 Å². The van der Waals surface area contributed by atoms with Gasteiger partial charge >= 0.3 is 0 Å². The van der Waals surface area contributed by atoms with Crippen LogP contribution in [0.25, 0.3) is 5.57 Å². The molecule has 0 fully saturated rings. The highest BCUT2D eigenvalue weighted by molar-refractivity contribution is 6.12. The van der Waals surface area contributed by atoms with Crippen molar-refractivity contribution >= 4 is 11.4 Å². The van der Waals surface area contributed by atoms with Crippen molar-refractivity contribution in [1.29, 1.82) is 0 Å². The van der Waals surface area contributed by atoms with Gasteiger partial charge in [0, 0.05) is 11.1 Å². The summed E-state index contributed by atoms with van der Waals surface area (Å²) < 4.78 is 0. The average Bonchev–Trinajstić information content (AvgIpc) is 2.49. The minimum atomic E-state index is 0.112.